The summed E-state index contributed by atoms with van der Waals surface area (Å²) in [7, 11) is 0. The minimum absolute atomic E-state index is 0.226. The van der Waals surface area contributed by atoms with Crippen LogP contribution in [0.4, 0.5) is 0 Å². The maximum atomic E-state index is 15.0. The second kappa shape index (κ2) is 46.9. The number of carbonyl (C=O) groups is 2. The lowest BCUT2D eigenvalue weighted by Gasteiger charge is -2.21. The summed E-state index contributed by atoms with van der Waals surface area (Å²) in [5.41, 5.74) is 2.92. The molecule has 0 fully saturated rings. The third-order valence-corrected chi connectivity index (χ3v) is 20.6. The Hall–Kier alpha value is -5.64. The van der Waals surface area contributed by atoms with Gasteiger partial charge in [-0.2, -0.15) is 0 Å². The summed E-state index contributed by atoms with van der Waals surface area (Å²) in [4.78, 5) is 30.0. The van der Waals surface area contributed by atoms with Gasteiger partial charge < -0.3 is 39.1 Å². The van der Waals surface area contributed by atoms with Crippen molar-refractivity contribution in [2.24, 2.45) is 71.0 Å². The van der Waals surface area contributed by atoms with Crippen molar-refractivity contribution in [3.8, 4) is 34.5 Å². The molecule has 0 aliphatic heterocycles. The second-order valence-corrected chi connectivity index (χ2v) is 33.4. The van der Waals surface area contributed by atoms with Crippen LogP contribution in [0, 0.1) is 71.0 Å². The van der Waals surface area contributed by atoms with Gasteiger partial charge in [0.2, 0.25) is 11.5 Å². The Kier molecular flexibility index (Phi) is 39.8. The fraction of sp³-hybridized carbons (Fsp3) is 0.689. The van der Waals surface area contributed by atoms with Crippen molar-refractivity contribution in [2.75, 3.05) is 39.6 Å². The molecule has 0 aromatic heterocycles. The van der Waals surface area contributed by atoms with Gasteiger partial charge in [-0.15, -0.1) is 0 Å². The molecule has 0 heterocycles. The summed E-state index contributed by atoms with van der Waals surface area (Å²) >= 11 is 0. The lowest BCUT2D eigenvalue weighted by atomic mass is 9.91. The maximum Gasteiger partial charge on any atom is 0.251 e. The molecule has 0 aliphatic carbocycles. The zero-order chi connectivity index (χ0) is 72.9. The summed E-state index contributed by atoms with van der Waals surface area (Å²) < 4.78 is 40.7. The van der Waals surface area contributed by atoms with Gasteiger partial charge >= 0.3 is 0 Å². The summed E-state index contributed by atoms with van der Waals surface area (Å²) in [6.45, 7) is 45.1. The van der Waals surface area contributed by atoms with Crippen LogP contribution in [0.5, 0.6) is 34.5 Å². The van der Waals surface area contributed by atoms with E-state index in [0.29, 0.717) is 156 Å². The molecule has 2 amide bonds. The van der Waals surface area contributed by atoms with Gasteiger partial charge in [-0.1, -0.05) is 289 Å². The molecule has 562 valence electrons. The monoisotopic (exact) mass is 1380 g/mol. The fourth-order valence-corrected chi connectivity index (χ4v) is 13.7. The number of nitrogens with one attached hydrogen (secondary N) is 2. The molecule has 0 saturated heterocycles. The highest BCUT2D eigenvalue weighted by Crippen LogP contribution is 2.43. The van der Waals surface area contributed by atoms with E-state index in [0.717, 1.165) is 110 Å². The molecule has 0 spiro atoms. The zero-order valence-corrected chi connectivity index (χ0v) is 66.7. The number of hydrogen-bond donors (Lipinski definition) is 2. The van der Waals surface area contributed by atoms with E-state index in [1.807, 2.05) is 24.3 Å². The molecule has 0 radical (unpaired) electrons. The molecular formula is C90H144N2O8. The Morgan fingerprint density at radius 2 is 0.480 bits per heavy atom. The van der Waals surface area contributed by atoms with Gasteiger partial charge in [0.15, 0.2) is 23.0 Å². The van der Waals surface area contributed by atoms with Crippen LogP contribution in [-0.2, 0) is 13.1 Å². The molecule has 5 rings (SSSR count). The summed E-state index contributed by atoms with van der Waals surface area (Å²) in [5, 5.41) is 10.8. The standard InChI is InChI=1S/C90H144N2O8/c1-63(2)29-23-35-69(13)45-51-95-83-57-75(58-84(96-52-46-70(14)36-24-30-64(3)4)87(83)99-55-49-73(17)39-27-33-67(9)10)89(93)91-61-81-77-41-19-21-43-79(77)82(80-44-22-20-42-78(80)81)62-92-90(94)76-59-85(97-53-47-71(15)37-25-31-65(5)6)88(100-56-50-74(18)40-28-34-68(11)12)86(60-76)98-54-48-72(16)38-26-32-66(7)8/h19-22,41-44,57-60,63-74H,23-40,45-56,61-62H2,1-18H3,(H,91,93)(H,92,94)/t69-,70-,71-,72-,73-,74-/m1/s1. The van der Waals surface area contributed by atoms with Crippen LogP contribution < -0.4 is 39.1 Å². The predicted octanol–water partition coefficient (Wildman–Crippen LogP) is 25.2. The number of fused-ring (bicyclic) bond motifs is 2. The van der Waals surface area contributed by atoms with E-state index in [-0.39, 0.29) is 24.9 Å². The normalized spacial score (nSPS) is 13.8. The van der Waals surface area contributed by atoms with Crippen LogP contribution >= 0.6 is 0 Å². The van der Waals surface area contributed by atoms with Crippen molar-refractivity contribution >= 4 is 33.4 Å². The number of hydrogen-bond acceptors (Lipinski definition) is 8. The van der Waals surface area contributed by atoms with Crippen molar-refractivity contribution in [2.45, 2.75) is 292 Å². The van der Waals surface area contributed by atoms with E-state index in [9.17, 15) is 0 Å². The molecule has 5 aromatic carbocycles. The fourth-order valence-electron chi connectivity index (χ4n) is 13.7. The average Bonchev–Trinajstić information content (AvgIpc) is 0.755. The van der Waals surface area contributed by atoms with Gasteiger partial charge in [0.1, 0.15) is 0 Å². The van der Waals surface area contributed by atoms with Gasteiger partial charge in [-0.3, -0.25) is 9.59 Å². The first-order valence-electron chi connectivity index (χ1n) is 40.5. The quantitative estimate of drug-likeness (QED) is 0.0370. The summed E-state index contributed by atoms with van der Waals surface area (Å²) in [6.07, 6.45) is 26.9. The molecule has 2 N–H and O–H groups in total. The molecule has 0 unspecified atom stereocenters. The van der Waals surface area contributed by atoms with Crippen LogP contribution in [-0.4, -0.2) is 51.5 Å². The highest BCUT2D eigenvalue weighted by atomic mass is 16.5. The zero-order valence-electron chi connectivity index (χ0n) is 66.7. The van der Waals surface area contributed by atoms with E-state index in [4.69, 9.17) is 28.4 Å². The van der Waals surface area contributed by atoms with Crippen molar-refractivity contribution in [1.29, 1.82) is 0 Å². The van der Waals surface area contributed by atoms with Crippen LogP contribution in [0.25, 0.3) is 21.5 Å². The van der Waals surface area contributed by atoms with Crippen molar-refractivity contribution in [3.63, 3.8) is 0 Å². The predicted molar refractivity (Wildman–Crippen MR) is 424 cm³/mol. The Bertz CT molecular complexity index is 2740. The smallest absolute Gasteiger partial charge is 0.251 e. The Labute approximate surface area is 610 Å². The maximum absolute atomic E-state index is 15.0. The third-order valence-electron chi connectivity index (χ3n) is 20.6. The largest absolute Gasteiger partial charge is 0.490 e. The van der Waals surface area contributed by atoms with Crippen LogP contribution in [0.1, 0.15) is 311 Å². The number of benzene rings is 5. The van der Waals surface area contributed by atoms with E-state index >= 15 is 9.59 Å². The van der Waals surface area contributed by atoms with E-state index in [1.165, 1.54) is 77.0 Å². The van der Waals surface area contributed by atoms with Crippen LogP contribution in [0.2, 0.25) is 0 Å². The van der Waals surface area contributed by atoms with Crippen LogP contribution in [0.15, 0.2) is 72.8 Å². The molecule has 0 bridgehead atoms. The van der Waals surface area contributed by atoms with E-state index in [2.05, 4.69) is 184 Å². The topological polar surface area (TPSA) is 114 Å². The van der Waals surface area contributed by atoms with Crippen molar-refractivity contribution < 1.29 is 38.0 Å². The number of carbonyl (C=O) groups excluding carboxylic acids is 2. The Morgan fingerprint density at radius 1 is 0.280 bits per heavy atom. The average molecular weight is 1380 g/mol. The van der Waals surface area contributed by atoms with E-state index < -0.39 is 0 Å². The van der Waals surface area contributed by atoms with Crippen LogP contribution in [0.3, 0.4) is 0 Å². The highest BCUT2D eigenvalue weighted by Gasteiger charge is 2.25. The molecular weight excluding hydrogens is 1240 g/mol. The molecule has 6 atom stereocenters. The first-order valence-corrected chi connectivity index (χ1v) is 40.5. The number of ether oxygens (including phenoxy) is 6. The number of rotatable bonds is 54. The SMILES string of the molecule is CC(C)CCC[C@@H](C)CCOc1cc(C(=O)NCc2c3ccccc3c(CNC(=O)c3cc(OCC[C@H](C)CCCC(C)C)c(OCC[C@H](C)CCCC(C)C)c(OCC[C@H](C)CCCC(C)C)c3)c3ccccc23)cc(OCC[C@H](C)CCCC(C)C)c1OCC[C@H](C)CCCC(C)C. The molecule has 0 aliphatic rings. The summed E-state index contributed by atoms with van der Waals surface area (Å²) in [6, 6.07) is 24.2. The van der Waals surface area contributed by atoms with Gasteiger partial charge in [-0.05, 0) is 166 Å². The van der Waals surface area contributed by atoms with Crippen molar-refractivity contribution in [3.05, 3.63) is 95.1 Å². The van der Waals surface area contributed by atoms with Crippen molar-refractivity contribution in [1.82, 2.24) is 10.6 Å². The second-order valence-electron chi connectivity index (χ2n) is 33.4. The minimum Gasteiger partial charge on any atom is -0.490 e. The molecule has 10 nitrogen and oxygen atoms in total. The Balaban J connectivity index is 1.49. The first kappa shape index (κ1) is 85.0. The van der Waals surface area contributed by atoms with Gasteiger partial charge in [-0.25, -0.2) is 0 Å². The van der Waals surface area contributed by atoms with Gasteiger partial charge in [0.05, 0.1) is 39.6 Å². The highest BCUT2D eigenvalue weighted by molar-refractivity contribution is 6.07. The Morgan fingerprint density at radius 3 is 0.680 bits per heavy atom. The molecule has 100 heavy (non-hydrogen) atoms. The van der Waals surface area contributed by atoms with Gasteiger partial charge in [0.25, 0.3) is 11.8 Å². The number of amides is 2. The molecule has 5 aromatic rings. The lowest BCUT2D eigenvalue weighted by molar-refractivity contribution is 0.0941. The molecule has 10 heteroatoms. The minimum atomic E-state index is -0.226. The summed E-state index contributed by atoms with van der Waals surface area (Å²) in [5.74, 6) is 10.1. The molecule has 0 saturated carbocycles. The first-order chi connectivity index (χ1) is 47.9. The van der Waals surface area contributed by atoms with E-state index in [1.54, 1.807) is 0 Å². The third kappa shape index (κ3) is 32.4. The lowest BCUT2D eigenvalue weighted by Crippen LogP contribution is -2.25. The van der Waals surface area contributed by atoms with Gasteiger partial charge in [0, 0.05) is 24.2 Å².